The topological polar surface area (TPSA) is 59.6 Å². The van der Waals surface area contributed by atoms with Crippen LogP contribution in [0.5, 0.6) is 5.75 Å². The number of benzene rings is 2. The average molecular weight is 323 g/mol. The Bertz CT molecular complexity index is 666. The molecule has 3 N–H and O–H groups in total. The van der Waals surface area contributed by atoms with Gasteiger partial charge in [0.2, 0.25) is 0 Å². The SMILES string of the molecule is NC(=NCc1ccccc1OCC1CC1)NCCc1ccccc1. The van der Waals surface area contributed by atoms with Crippen LogP contribution in [0.1, 0.15) is 24.0 Å². The van der Waals surface area contributed by atoms with Gasteiger partial charge >= 0.3 is 0 Å². The second kappa shape index (κ2) is 8.39. The summed E-state index contributed by atoms with van der Waals surface area (Å²) in [4.78, 5) is 4.43. The van der Waals surface area contributed by atoms with Crippen LogP contribution in [0.3, 0.4) is 0 Å². The summed E-state index contributed by atoms with van der Waals surface area (Å²) in [5, 5.41) is 3.17. The highest BCUT2D eigenvalue weighted by atomic mass is 16.5. The van der Waals surface area contributed by atoms with E-state index in [-0.39, 0.29) is 0 Å². The smallest absolute Gasteiger partial charge is 0.188 e. The van der Waals surface area contributed by atoms with Gasteiger partial charge in [-0.1, -0.05) is 48.5 Å². The number of hydrogen-bond acceptors (Lipinski definition) is 2. The largest absolute Gasteiger partial charge is 0.493 e. The number of nitrogens with two attached hydrogens (primary N) is 1. The molecule has 0 aliphatic heterocycles. The van der Waals surface area contributed by atoms with E-state index in [1.165, 1.54) is 18.4 Å². The van der Waals surface area contributed by atoms with Crippen molar-refractivity contribution in [2.24, 2.45) is 16.6 Å². The Morgan fingerprint density at radius 3 is 2.62 bits per heavy atom. The van der Waals surface area contributed by atoms with Crippen molar-refractivity contribution < 1.29 is 4.74 Å². The van der Waals surface area contributed by atoms with Gasteiger partial charge in [0.15, 0.2) is 5.96 Å². The molecular formula is C20H25N3O. The Balaban J connectivity index is 1.47. The molecule has 2 aromatic carbocycles. The van der Waals surface area contributed by atoms with Gasteiger partial charge in [0, 0.05) is 12.1 Å². The summed E-state index contributed by atoms with van der Waals surface area (Å²) in [6.45, 7) is 2.12. The maximum absolute atomic E-state index is 5.97. The van der Waals surface area contributed by atoms with Crippen molar-refractivity contribution in [1.29, 1.82) is 0 Å². The number of para-hydroxylation sites is 1. The summed E-state index contributed by atoms with van der Waals surface area (Å²) in [5.74, 6) is 2.14. The van der Waals surface area contributed by atoms with Gasteiger partial charge < -0.3 is 15.8 Å². The van der Waals surface area contributed by atoms with Crippen LogP contribution in [0, 0.1) is 5.92 Å². The lowest BCUT2D eigenvalue weighted by molar-refractivity contribution is 0.297. The predicted molar refractivity (Wildman–Crippen MR) is 98.1 cm³/mol. The quantitative estimate of drug-likeness (QED) is 0.579. The van der Waals surface area contributed by atoms with E-state index in [9.17, 15) is 0 Å². The van der Waals surface area contributed by atoms with Crippen LogP contribution < -0.4 is 15.8 Å². The van der Waals surface area contributed by atoms with Crippen LogP contribution in [0.15, 0.2) is 59.6 Å². The lowest BCUT2D eigenvalue weighted by Gasteiger charge is -2.10. The minimum Gasteiger partial charge on any atom is -0.493 e. The normalized spacial score (nSPS) is 14.4. The van der Waals surface area contributed by atoms with Gasteiger partial charge in [-0.3, -0.25) is 0 Å². The molecule has 0 atom stereocenters. The number of guanidine groups is 1. The van der Waals surface area contributed by atoms with Crippen LogP contribution in [0.25, 0.3) is 0 Å². The fourth-order valence-corrected chi connectivity index (χ4v) is 2.47. The highest BCUT2D eigenvalue weighted by molar-refractivity contribution is 5.77. The molecule has 0 spiro atoms. The molecule has 0 bridgehead atoms. The van der Waals surface area contributed by atoms with Crippen LogP contribution in [0.4, 0.5) is 0 Å². The van der Waals surface area contributed by atoms with E-state index in [2.05, 4.69) is 22.4 Å². The van der Waals surface area contributed by atoms with Crippen molar-refractivity contribution in [1.82, 2.24) is 5.32 Å². The van der Waals surface area contributed by atoms with Crippen molar-refractivity contribution in [3.8, 4) is 5.75 Å². The molecule has 1 fully saturated rings. The van der Waals surface area contributed by atoms with Gasteiger partial charge in [0.25, 0.3) is 0 Å². The molecule has 24 heavy (non-hydrogen) atoms. The first-order valence-corrected chi connectivity index (χ1v) is 8.59. The third kappa shape index (κ3) is 5.30. The van der Waals surface area contributed by atoms with Crippen molar-refractivity contribution >= 4 is 5.96 Å². The van der Waals surface area contributed by atoms with Gasteiger partial charge in [0.1, 0.15) is 5.75 Å². The maximum atomic E-state index is 5.97. The third-order valence-corrected chi connectivity index (χ3v) is 4.13. The first kappa shape index (κ1) is 16.4. The minimum atomic E-state index is 0.475. The molecule has 2 aromatic rings. The number of hydrogen-bond donors (Lipinski definition) is 2. The third-order valence-electron chi connectivity index (χ3n) is 4.13. The Kier molecular flexibility index (Phi) is 5.72. The lowest BCUT2D eigenvalue weighted by atomic mass is 10.1. The first-order valence-electron chi connectivity index (χ1n) is 8.59. The van der Waals surface area contributed by atoms with Crippen LogP contribution >= 0.6 is 0 Å². The number of rotatable bonds is 8. The molecule has 126 valence electrons. The summed E-state index contributed by atoms with van der Waals surface area (Å²) in [6.07, 6.45) is 3.51. The molecule has 4 nitrogen and oxygen atoms in total. The van der Waals surface area contributed by atoms with Crippen molar-refractivity contribution in [2.75, 3.05) is 13.2 Å². The van der Waals surface area contributed by atoms with Gasteiger partial charge in [0.05, 0.1) is 13.2 Å². The van der Waals surface area contributed by atoms with E-state index >= 15 is 0 Å². The molecule has 0 heterocycles. The molecule has 4 heteroatoms. The molecule has 0 amide bonds. The predicted octanol–water partition coefficient (Wildman–Crippen LogP) is 3.12. The molecule has 1 aliphatic carbocycles. The Morgan fingerprint density at radius 2 is 1.83 bits per heavy atom. The number of nitrogens with one attached hydrogen (secondary N) is 1. The number of nitrogens with zero attached hydrogens (tertiary/aromatic N) is 1. The highest BCUT2D eigenvalue weighted by Crippen LogP contribution is 2.30. The van der Waals surface area contributed by atoms with Crippen molar-refractivity contribution in [3.63, 3.8) is 0 Å². The Morgan fingerprint density at radius 1 is 1.08 bits per heavy atom. The number of ether oxygens (including phenoxy) is 1. The monoisotopic (exact) mass is 323 g/mol. The summed E-state index contributed by atoms with van der Waals surface area (Å²) in [6, 6.07) is 18.4. The highest BCUT2D eigenvalue weighted by Gasteiger charge is 2.22. The first-order chi connectivity index (χ1) is 11.8. The van der Waals surface area contributed by atoms with E-state index in [1.54, 1.807) is 0 Å². The molecule has 0 aromatic heterocycles. The average Bonchev–Trinajstić information content (AvgIpc) is 3.44. The summed E-state index contributed by atoms with van der Waals surface area (Å²) < 4.78 is 5.90. The minimum absolute atomic E-state index is 0.475. The lowest BCUT2D eigenvalue weighted by Crippen LogP contribution is -2.33. The van der Waals surface area contributed by atoms with Crippen molar-refractivity contribution in [2.45, 2.75) is 25.8 Å². The van der Waals surface area contributed by atoms with Gasteiger partial charge in [-0.15, -0.1) is 0 Å². The second-order valence-electron chi connectivity index (χ2n) is 6.23. The number of aliphatic imine (C=N–C) groups is 1. The fraction of sp³-hybridized carbons (Fsp3) is 0.350. The zero-order valence-electron chi connectivity index (χ0n) is 13.9. The molecule has 0 saturated heterocycles. The Hall–Kier alpha value is -2.49. The maximum Gasteiger partial charge on any atom is 0.188 e. The van der Waals surface area contributed by atoms with Gasteiger partial charge in [-0.2, -0.15) is 0 Å². The molecular weight excluding hydrogens is 298 g/mol. The van der Waals surface area contributed by atoms with Crippen LogP contribution in [-0.4, -0.2) is 19.1 Å². The Labute approximate surface area is 143 Å². The molecule has 0 radical (unpaired) electrons. The van der Waals surface area contributed by atoms with E-state index in [0.717, 1.165) is 36.8 Å². The van der Waals surface area contributed by atoms with Crippen molar-refractivity contribution in [3.05, 3.63) is 65.7 Å². The summed E-state index contributed by atoms with van der Waals surface area (Å²) in [7, 11) is 0. The van der Waals surface area contributed by atoms with Crippen LogP contribution in [-0.2, 0) is 13.0 Å². The summed E-state index contributed by atoms with van der Waals surface area (Å²) in [5.41, 5.74) is 8.33. The molecule has 0 unspecified atom stereocenters. The standard InChI is InChI=1S/C20H25N3O/c21-20(22-13-12-16-6-2-1-3-7-16)23-14-18-8-4-5-9-19(18)24-15-17-10-11-17/h1-9,17H,10-15H2,(H3,21,22,23). The van der Waals surface area contributed by atoms with E-state index in [4.69, 9.17) is 10.5 Å². The van der Waals surface area contributed by atoms with Gasteiger partial charge in [-0.05, 0) is 36.8 Å². The van der Waals surface area contributed by atoms with Crippen LogP contribution in [0.2, 0.25) is 0 Å². The fourth-order valence-electron chi connectivity index (χ4n) is 2.47. The molecule has 3 rings (SSSR count). The summed E-state index contributed by atoms with van der Waals surface area (Å²) >= 11 is 0. The van der Waals surface area contributed by atoms with E-state index < -0.39 is 0 Å². The van der Waals surface area contributed by atoms with Gasteiger partial charge in [-0.25, -0.2) is 4.99 Å². The zero-order valence-corrected chi connectivity index (χ0v) is 13.9. The zero-order chi connectivity index (χ0) is 16.6. The van der Waals surface area contributed by atoms with E-state index in [1.807, 2.05) is 42.5 Å². The van der Waals surface area contributed by atoms with E-state index in [0.29, 0.717) is 12.5 Å². The molecule has 1 saturated carbocycles. The molecule has 1 aliphatic rings. The second-order valence-corrected chi connectivity index (χ2v) is 6.23.